The molecule has 0 aromatic heterocycles. The Bertz CT molecular complexity index is 852. The first kappa shape index (κ1) is 19.1. The Morgan fingerprint density at radius 2 is 1.78 bits per heavy atom. The van der Waals surface area contributed by atoms with Crippen LogP contribution in [0.4, 0.5) is 0 Å². The molecule has 0 saturated carbocycles. The van der Waals surface area contributed by atoms with E-state index in [-0.39, 0.29) is 24.7 Å². The molecule has 0 unspecified atom stereocenters. The van der Waals surface area contributed by atoms with Crippen LogP contribution in [0.3, 0.4) is 0 Å². The molecule has 0 radical (unpaired) electrons. The molecule has 2 aromatic carbocycles. The Morgan fingerprint density at radius 3 is 2.52 bits per heavy atom. The van der Waals surface area contributed by atoms with Crippen LogP contribution in [0.2, 0.25) is 5.02 Å². The van der Waals surface area contributed by atoms with Crippen molar-refractivity contribution >= 4 is 29.1 Å². The van der Waals surface area contributed by atoms with Gasteiger partial charge in [0, 0.05) is 37.9 Å². The van der Waals surface area contributed by atoms with Gasteiger partial charge in [-0.2, -0.15) is 5.10 Å². The van der Waals surface area contributed by atoms with Crippen molar-refractivity contribution < 1.29 is 9.59 Å². The monoisotopic (exact) mass is 383 g/mol. The van der Waals surface area contributed by atoms with Gasteiger partial charge < -0.3 is 4.90 Å². The summed E-state index contributed by atoms with van der Waals surface area (Å²) in [4.78, 5) is 26.3. The maximum Gasteiger partial charge on any atom is 0.243 e. The van der Waals surface area contributed by atoms with Gasteiger partial charge in [-0.15, -0.1) is 0 Å². The summed E-state index contributed by atoms with van der Waals surface area (Å²) in [6.07, 6.45) is 1.04. The summed E-state index contributed by atoms with van der Waals surface area (Å²) < 4.78 is 0. The third-order valence-corrected chi connectivity index (χ3v) is 4.91. The van der Waals surface area contributed by atoms with E-state index in [1.165, 1.54) is 5.01 Å². The van der Waals surface area contributed by atoms with Crippen LogP contribution in [0.15, 0.2) is 59.7 Å². The highest BCUT2D eigenvalue weighted by molar-refractivity contribution is 6.31. The van der Waals surface area contributed by atoms with Crippen molar-refractivity contribution in [2.24, 2.45) is 5.10 Å². The molecule has 2 amide bonds. The molecule has 0 atom stereocenters. The molecule has 0 fully saturated rings. The standard InChI is InChI=1S/C21H22ClN3O2/c1-24(15-17-9-5-6-10-18(17)22)20(26)11-12-21(27)25-14-13-19(23-25)16-7-3-2-4-8-16/h2-10H,11-15H2,1H3. The fourth-order valence-electron chi connectivity index (χ4n) is 2.97. The van der Waals surface area contributed by atoms with Crippen LogP contribution in [-0.2, 0) is 16.1 Å². The highest BCUT2D eigenvalue weighted by Gasteiger charge is 2.22. The van der Waals surface area contributed by atoms with Crippen LogP contribution < -0.4 is 0 Å². The minimum Gasteiger partial charge on any atom is -0.341 e. The molecular formula is C21H22ClN3O2. The second kappa shape index (κ2) is 8.82. The lowest BCUT2D eigenvalue weighted by atomic mass is 10.1. The van der Waals surface area contributed by atoms with Crippen molar-refractivity contribution in [2.45, 2.75) is 25.8 Å². The first-order chi connectivity index (χ1) is 13.0. The summed E-state index contributed by atoms with van der Waals surface area (Å²) in [6, 6.07) is 17.3. The Balaban J connectivity index is 1.51. The zero-order valence-electron chi connectivity index (χ0n) is 15.3. The molecule has 1 aliphatic heterocycles. The Morgan fingerprint density at radius 1 is 1.07 bits per heavy atom. The predicted octanol–water partition coefficient (Wildman–Crippen LogP) is 3.72. The summed E-state index contributed by atoms with van der Waals surface area (Å²) in [6.45, 7) is 0.986. The first-order valence-electron chi connectivity index (χ1n) is 8.95. The number of hydrogen-bond donors (Lipinski definition) is 0. The van der Waals surface area contributed by atoms with Crippen LogP contribution >= 0.6 is 11.6 Å². The second-order valence-electron chi connectivity index (χ2n) is 6.52. The molecule has 5 nitrogen and oxygen atoms in total. The van der Waals surface area contributed by atoms with Gasteiger partial charge in [0.2, 0.25) is 11.8 Å². The molecule has 1 aliphatic rings. The molecule has 2 aromatic rings. The number of benzene rings is 2. The number of rotatable bonds is 6. The Labute approximate surface area is 164 Å². The van der Waals surface area contributed by atoms with Crippen LogP contribution in [0.25, 0.3) is 0 Å². The van der Waals surface area contributed by atoms with Crippen molar-refractivity contribution in [3.8, 4) is 0 Å². The van der Waals surface area contributed by atoms with E-state index in [2.05, 4.69) is 5.10 Å². The van der Waals surface area contributed by atoms with Crippen molar-refractivity contribution in [3.05, 3.63) is 70.7 Å². The number of carbonyl (C=O) groups is 2. The molecule has 0 bridgehead atoms. The van der Waals surface area contributed by atoms with Crippen molar-refractivity contribution in [3.63, 3.8) is 0 Å². The zero-order chi connectivity index (χ0) is 19.2. The predicted molar refractivity (Wildman–Crippen MR) is 106 cm³/mol. The fourth-order valence-corrected chi connectivity index (χ4v) is 3.17. The SMILES string of the molecule is CN(Cc1ccccc1Cl)C(=O)CCC(=O)N1CCC(c2ccccc2)=N1. The minimum atomic E-state index is -0.125. The number of hydrazone groups is 1. The van der Waals surface area contributed by atoms with Gasteiger partial charge in [0.25, 0.3) is 0 Å². The van der Waals surface area contributed by atoms with Gasteiger partial charge >= 0.3 is 0 Å². The normalized spacial score (nSPS) is 13.4. The van der Waals surface area contributed by atoms with E-state index < -0.39 is 0 Å². The molecule has 6 heteroatoms. The van der Waals surface area contributed by atoms with E-state index in [1.54, 1.807) is 18.0 Å². The van der Waals surface area contributed by atoms with Gasteiger partial charge in [-0.1, -0.05) is 60.1 Å². The summed E-state index contributed by atoms with van der Waals surface area (Å²) in [7, 11) is 1.72. The van der Waals surface area contributed by atoms with Gasteiger partial charge in [0.05, 0.1) is 12.3 Å². The van der Waals surface area contributed by atoms with Gasteiger partial charge in [-0.05, 0) is 17.2 Å². The average Bonchev–Trinajstić information content (AvgIpc) is 3.18. The Kier molecular flexibility index (Phi) is 6.24. The number of carbonyl (C=O) groups excluding carboxylic acids is 2. The number of amides is 2. The molecule has 0 saturated heterocycles. The summed E-state index contributed by atoms with van der Waals surface area (Å²) in [5.74, 6) is -0.213. The van der Waals surface area contributed by atoms with E-state index >= 15 is 0 Å². The number of nitrogens with zero attached hydrogens (tertiary/aromatic N) is 3. The largest absolute Gasteiger partial charge is 0.341 e. The molecule has 0 aliphatic carbocycles. The molecule has 0 N–H and O–H groups in total. The quantitative estimate of drug-likeness (QED) is 0.763. The lowest BCUT2D eigenvalue weighted by Crippen LogP contribution is -2.29. The molecule has 27 heavy (non-hydrogen) atoms. The van der Waals surface area contributed by atoms with Gasteiger partial charge in [-0.25, -0.2) is 5.01 Å². The summed E-state index contributed by atoms with van der Waals surface area (Å²) in [5, 5.41) is 6.53. The van der Waals surface area contributed by atoms with Crippen molar-refractivity contribution in [2.75, 3.05) is 13.6 Å². The topological polar surface area (TPSA) is 53.0 Å². The van der Waals surface area contributed by atoms with E-state index in [0.717, 1.165) is 23.3 Å². The van der Waals surface area contributed by atoms with E-state index in [1.807, 2.05) is 48.5 Å². The maximum absolute atomic E-state index is 12.4. The number of hydrogen-bond acceptors (Lipinski definition) is 3. The highest BCUT2D eigenvalue weighted by atomic mass is 35.5. The van der Waals surface area contributed by atoms with E-state index in [4.69, 9.17) is 11.6 Å². The van der Waals surface area contributed by atoms with Crippen LogP contribution in [-0.4, -0.2) is 41.0 Å². The minimum absolute atomic E-state index is 0.0882. The Hall–Kier alpha value is -2.66. The zero-order valence-corrected chi connectivity index (χ0v) is 16.0. The van der Waals surface area contributed by atoms with E-state index in [9.17, 15) is 9.59 Å². The maximum atomic E-state index is 12.4. The molecule has 1 heterocycles. The van der Waals surface area contributed by atoms with Crippen LogP contribution in [0.1, 0.15) is 30.4 Å². The third-order valence-electron chi connectivity index (χ3n) is 4.54. The smallest absolute Gasteiger partial charge is 0.243 e. The lowest BCUT2D eigenvalue weighted by molar-refractivity contribution is -0.136. The fraction of sp³-hybridized carbons (Fsp3) is 0.286. The lowest BCUT2D eigenvalue weighted by Gasteiger charge is -2.18. The third kappa shape index (κ3) is 4.95. The van der Waals surface area contributed by atoms with Gasteiger partial charge in [0.15, 0.2) is 0 Å². The average molecular weight is 384 g/mol. The summed E-state index contributed by atoms with van der Waals surface area (Å²) in [5.41, 5.74) is 2.83. The highest BCUT2D eigenvalue weighted by Crippen LogP contribution is 2.18. The number of halogens is 1. The molecule has 3 rings (SSSR count). The molecule has 0 spiro atoms. The van der Waals surface area contributed by atoms with Crippen LogP contribution in [0, 0.1) is 0 Å². The van der Waals surface area contributed by atoms with Crippen LogP contribution in [0.5, 0.6) is 0 Å². The second-order valence-corrected chi connectivity index (χ2v) is 6.93. The van der Waals surface area contributed by atoms with Crippen molar-refractivity contribution in [1.82, 2.24) is 9.91 Å². The summed E-state index contributed by atoms with van der Waals surface area (Å²) >= 11 is 6.14. The van der Waals surface area contributed by atoms with Crippen molar-refractivity contribution in [1.29, 1.82) is 0 Å². The van der Waals surface area contributed by atoms with E-state index in [0.29, 0.717) is 18.1 Å². The van der Waals surface area contributed by atoms with Gasteiger partial charge in [-0.3, -0.25) is 9.59 Å². The van der Waals surface area contributed by atoms with Gasteiger partial charge in [0.1, 0.15) is 0 Å². The molecular weight excluding hydrogens is 362 g/mol. The molecule has 140 valence electrons. The first-order valence-corrected chi connectivity index (χ1v) is 9.33.